The van der Waals surface area contributed by atoms with Crippen LogP contribution in [0.15, 0.2) is 0 Å². The zero-order valence-electron chi connectivity index (χ0n) is 6.41. The summed E-state index contributed by atoms with van der Waals surface area (Å²) in [5.41, 5.74) is 0. The predicted molar refractivity (Wildman–Crippen MR) is 30.3 cm³/mol. The van der Waals surface area contributed by atoms with Gasteiger partial charge in [0.2, 0.25) is 0 Å². The van der Waals surface area contributed by atoms with Crippen LogP contribution >= 0.6 is 7.82 Å². The molecule has 0 rings (SSSR count). The third kappa shape index (κ3) is 70.2. The quantitative estimate of drug-likeness (QED) is 0.246. The molecule has 0 aromatic heterocycles. The molecule has 3 N–H and O–H groups in total. The first kappa shape index (κ1) is 18.6. The number of alkyl halides is 3. The second-order valence-corrected chi connectivity index (χ2v) is 2.37. The van der Waals surface area contributed by atoms with Gasteiger partial charge in [0.15, 0.2) is 0 Å². The molecule has 12 heavy (non-hydrogen) atoms. The fourth-order valence-electron chi connectivity index (χ4n) is 0. The first-order valence-corrected chi connectivity index (χ1v) is 3.78. The van der Waals surface area contributed by atoms with E-state index < -0.39 is 14.0 Å². The largest absolute Gasteiger partial charge is 1.00 e. The molecule has 0 spiro atoms. The monoisotopic (exact) mass is 218 g/mol. The molecule has 0 unspecified atom stereocenters. The second-order valence-electron chi connectivity index (χ2n) is 1.34. The summed E-state index contributed by atoms with van der Waals surface area (Å²) in [5.74, 6) is 0. The number of halogens is 3. The summed E-state index contributed by atoms with van der Waals surface area (Å²) in [5, 5.41) is 0. The molecule has 70 valence electrons. The van der Waals surface area contributed by atoms with Gasteiger partial charge in [-0.05, 0) is 0 Å². The van der Waals surface area contributed by atoms with Crippen LogP contribution in [-0.4, -0.2) is 20.9 Å². The summed E-state index contributed by atoms with van der Waals surface area (Å²) in [4.78, 5) is 21.6. The van der Waals surface area contributed by atoms with Gasteiger partial charge < -0.3 is 14.7 Å². The molecular formula is C3H7F3NaO4P. The topological polar surface area (TPSA) is 77.8 Å². The van der Waals surface area contributed by atoms with Crippen LogP contribution in [0.25, 0.3) is 0 Å². The van der Waals surface area contributed by atoms with E-state index in [2.05, 4.69) is 0 Å². The summed E-state index contributed by atoms with van der Waals surface area (Å²) in [6.07, 6.45) is -3.90. The molecule has 0 aromatic rings. The smallest absolute Gasteiger partial charge is 0.303 e. The van der Waals surface area contributed by atoms with Gasteiger partial charge in [-0.25, -0.2) is 24.2 Å². The third-order valence-electron chi connectivity index (χ3n) is 0.327. The molecular weight excluding hydrogens is 211 g/mol. The van der Waals surface area contributed by atoms with Crippen molar-refractivity contribution in [2.75, 3.05) is 0 Å². The predicted octanol–water partition coefficient (Wildman–Crippen LogP) is -2.15. The summed E-state index contributed by atoms with van der Waals surface area (Å²) in [6.45, 7) is 0.958. The number of hydrogen-bond acceptors (Lipinski definition) is 1. The van der Waals surface area contributed by atoms with Gasteiger partial charge in [0, 0.05) is 0 Å². The summed E-state index contributed by atoms with van der Waals surface area (Å²) in [7, 11) is -4.64. The van der Waals surface area contributed by atoms with Crippen molar-refractivity contribution in [2.45, 2.75) is 13.1 Å². The van der Waals surface area contributed by atoms with Gasteiger partial charge in [-0.15, -0.1) is 0 Å². The summed E-state index contributed by atoms with van der Waals surface area (Å²) in [6, 6.07) is 0. The van der Waals surface area contributed by atoms with Crippen molar-refractivity contribution in [3.8, 4) is 0 Å². The van der Waals surface area contributed by atoms with Crippen molar-refractivity contribution in [1.29, 1.82) is 0 Å². The van der Waals surface area contributed by atoms with Gasteiger partial charge in [-0.3, -0.25) is 0 Å². The Hall–Kier alpha value is 0.900. The fourth-order valence-corrected chi connectivity index (χ4v) is 0. The molecule has 0 amide bonds. The van der Waals surface area contributed by atoms with Gasteiger partial charge in [0.1, 0.15) is 0 Å². The van der Waals surface area contributed by atoms with E-state index in [1.807, 2.05) is 0 Å². The van der Waals surface area contributed by atoms with Crippen LogP contribution < -0.4 is 29.6 Å². The Bertz CT molecular complexity index is 135. The number of hydrogen-bond donors (Lipinski definition) is 3. The summed E-state index contributed by atoms with van der Waals surface area (Å²) >= 11 is 0. The second kappa shape index (κ2) is 7.32. The molecule has 0 saturated heterocycles. The van der Waals surface area contributed by atoms with E-state index in [1.54, 1.807) is 0 Å². The van der Waals surface area contributed by atoms with Crippen molar-refractivity contribution in [3.63, 3.8) is 0 Å². The van der Waals surface area contributed by atoms with E-state index in [1.165, 1.54) is 0 Å². The molecule has 0 aliphatic rings. The van der Waals surface area contributed by atoms with E-state index in [-0.39, 0.29) is 36.0 Å². The molecule has 0 saturated carbocycles. The normalized spacial score (nSPS) is 10.9. The van der Waals surface area contributed by atoms with Crippen molar-refractivity contribution < 1.29 is 62.0 Å². The Morgan fingerprint density at radius 1 is 1.25 bits per heavy atom. The first-order valence-electron chi connectivity index (χ1n) is 2.22. The average molecular weight is 218 g/mol. The van der Waals surface area contributed by atoms with Gasteiger partial charge >= 0.3 is 37.4 Å². The van der Waals surface area contributed by atoms with Gasteiger partial charge in [-0.1, -0.05) is 0 Å². The average Bonchev–Trinajstić information content (AvgIpc) is 1.59. The van der Waals surface area contributed by atoms with E-state index in [4.69, 9.17) is 19.2 Å². The van der Waals surface area contributed by atoms with Crippen LogP contribution in [0.3, 0.4) is 0 Å². The molecule has 0 fully saturated rings. The van der Waals surface area contributed by atoms with E-state index in [9.17, 15) is 13.2 Å². The van der Waals surface area contributed by atoms with Crippen molar-refractivity contribution >= 4 is 7.82 Å². The van der Waals surface area contributed by atoms with E-state index in [0.717, 1.165) is 6.92 Å². The van der Waals surface area contributed by atoms with Crippen LogP contribution in [0, 0.1) is 6.42 Å². The molecule has 0 bridgehead atoms. The van der Waals surface area contributed by atoms with Crippen LogP contribution in [0.1, 0.15) is 6.92 Å². The molecule has 0 aliphatic carbocycles. The SMILES string of the molecule is C[CH-]C(F)(F)F.O=P(O)(O)O.[Na+]. The Morgan fingerprint density at radius 3 is 1.33 bits per heavy atom. The Balaban J connectivity index is -0.000000126. The van der Waals surface area contributed by atoms with Gasteiger partial charge in [0.25, 0.3) is 6.18 Å². The van der Waals surface area contributed by atoms with Crippen molar-refractivity contribution in [2.24, 2.45) is 0 Å². The number of rotatable bonds is 0. The van der Waals surface area contributed by atoms with Gasteiger partial charge in [0.05, 0.1) is 0 Å². The van der Waals surface area contributed by atoms with E-state index >= 15 is 0 Å². The number of phosphoric acid groups is 1. The molecule has 0 heterocycles. The minimum Gasteiger partial charge on any atom is -0.303 e. The van der Waals surface area contributed by atoms with Crippen molar-refractivity contribution in [3.05, 3.63) is 6.42 Å². The minimum atomic E-state index is -4.64. The molecule has 4 nitrogen and oxygen atoms in total. The molecule has 9 heteroatoms. The zero-order valence-corrected chi connectivity index (χ0v) is 9.30. The van der Waals surface area contributed by atoms with Crippen molar-refractivity contribution in [1.82, 2.24) is 0 Å². The fraction of sp³-hybridized carbons (Fsp3) is 0.667. The van der Waals surface area contributed by atoms with Crippen LogP contribution in [-0.2, 0) is 4.57 Å². The Labute approximate surface area is 89.3 Å². The third-order valence-corrected chi connectivity index (χ3v) is 0.327. The van der Waals surface area contributed by atoms with Crippen LogP contribution in [0.2, 0.25) is 0 Å². The van der Waals surface area contributed by atoms with E-state index in [0.29, 0.717) is 0 Å². The Morgan fingerprint density at radius 2 is 1.33 bits per heavy atom. The van der Waals surface area contributed by atoms with Crippen LogP contribution in [0.4, 0.5) is 13.2 Å². The maximum Gasteiger partial charge on any atom is 1.00 e. The Kier molecular flexibility index (Phi) is 11.4. The zero-order chi connectivity index (χ0) is 9.71. The molecule has 0 aliphatic heterocycles. The molecule has 0 atom stereocenters. The first-order chi connectivity index (χ1) is 4.56. The minimum absolute atomic E-state index is 0. The molecule has 0 aromatic carbocycles. The summed E-state index contributed by atoms with van der Waals surface area (Å²) < 4.78 is 41.1. The maximum absolute atomic E-state index is 10.7. The maximum atomic E-state index is 10.7. The molecule has 0 radical (unpaired) electrons. The van der Waals surface area contributed by atoms with Crippen LogP contribution in [0.5, 0.6) is 0 Å². The van der Waals surface area contributed by atoms with Gasteiger partial charge in [-0.2, -0.15) is 6.92 Å². The standard InChI is InChI=1S/C3H4F3.Na.H3O4P/c1-2-3(4,5)6;;1-5(2,3)4/h2H,1H3;;(H3,1,2,3,4)/q-1;+1;.